The van der Waals surface area contributed by atoms with Crippen molar-refractivity contribution in [2.45, 2.75) is 57.5 Å². The molecule has 1 saturated carbocycles. The van der Waals surface area contributed by atoms with Crippen molar-refractivity contribution in [3.63, 3.8) is 0 Å². The van der Waals surface area contributed by atoms with E-state index in [4.69, 9.17) is 0 Å². The van der Waals surface area contributed by atoms with Gasteiger partial charge in [0.15, 0.2) is 5.69 Å². The highest BCUT2D eigenvalue weighted by Crippen LogP contribution is 2.22. The van der Waals surface area contributed by atoms with Gasteiger partial charge in [0.25, 0.3) is 5.91 Å². The average Bonchev–Trinajstić information content (AvgIpc) is 3.25. The number of hydrogen-bond acceptors (Lipinski definition) is 5. The molecule has 1 aliphatic carbocycles. The molecule has 2 N–H and O–H groups in total. The molecule has 2 aliphatic rings. The molecule has 1 aromatic heterocycles. The van der Waals surface area contributed by atoms with Crippen LogP contribution in [0.1, 0.15) is 60.7 Å². The summed E-state index contributed by atoms with van der Waals surface area (Å²) in [5.74, 6) is -0.104. The molecular weight excluding hydrogens is 304 g/mol. The lowest BCUT2D eigenvalue weighted by molar-refractivity contribution is 0.0941. The second-order valence-electron chi connectivity index (χ2n) is 7.12. The average molecular weight is 334 g/mol. The Morgan fingerprint density at radius 3 is 2.71 bits per heavy atom. The molecule has 7 nitrogen and oxygen atoms in total. The van der Waals surface area contributed by atoms with E-state index in [0.29, 0.717) is 24.3 Å². The highest BCUT2D eigenvalue weighted by atomic mass is 16.2. The predicted octanol–water partition coefficient (Wildman–Crippen LogP) is 1.12. The fourth-order valence-electron chi connectivity index (χ4n) is 3.91. The number of nitrogens with zero attached hydrogens (tertiary/aromatic N) is 4. The number of nitrogens with one attached hydrogen (secondary N) is 2. The predicted molar refractivity (Wildman–Crippen MR) is 93.1 cm³/mol. The summed E-state index contributed by atoms with van der Waals surface area (Å²) >= 11 is 0. The van der Waals surface area contributed by atoms with Gasteiger partial charge in [-0.15, -0.1) is 5.10 Å². The van der Waals surface area contributed by atoms with Crippen LogP contribution in [0.15, 0.2) is 0 Å². The molecule has 0 bridgehead atoms. The molecule has 0 unspecified atom stereocenters. The monoisotopic (exact) mass is 334 g/mol. The van der Waals surface area contributed by atoms with Crippen LogP contribution in [-0.2, 0) is 0 Å². The first-order chi connectivity index (χ1) is 11.7. The van der Waals surface area contributed by atoms with Crippen LogP contribution >= 0.6 is 0 Å². The second-order valence-corrected chi connectivity index (χ2v) is 7.12. The van der Waals surface area contributed by atoms with E-state index in [9.17, 15) is 4.79 Å². The van der Waals surface area contributed by atoms with Crippen molar-refractivity contribution < 1.29 is 4.79 Å². The Morgan fingerprint density at radius 1 is 1.29 bits per heavy atom. The summed E-state index contributed by atoms with van der Waals surface area (Å²) in [5.41, 5.74) is 1.35. The minimum atomic E-state index is -0.104. The number of rotatable bonds is 6. The summed E-state index contributed by atoms with van der Waals surface area (Å²) < 4.78 is 1.93. The number of hydrogen-bond donors (Lipinski definition) is 2. The van der Waals surface area contributed by atoms with Crippen molar-refractivity contribution in [3.05, 3.63) is 11.4 Å². The topological polar surface area (TPSA) is 75.1 Å². The van der Waals surface area contributed by atoms with E-state index in [1.54, 1.807) is 0 Å². The third-order valence-electron chi connectivity index (χ3n) is 5.50. The zero-order chi connectivity index (χ0) is 16.9. The van der Waals surface area contributed by atoms with Crippen LogP contribution in [0.2, 0.25) is 0 Å². The van der Waals surface area contributed by atoms with Crippen molar-refractivity contribution in [2.75, 3.05) is 33.2 Å². The van der Waals surface area contributed by atoms with E-state index in [2.05, 4.69) is 32.9 Å². The van der Waals surface area contributed by atoms with E-state index in [1.807, 2.05) is 11.6 Å². The van der Waals surface area contributed by atoms with Gasteiger partial charge in [-0.25, -0.2) is 4.68 Å². The van der Waals surface area contributed by atoms with Gasteiger partial charge in [-0.05, 0) is 52.7 Å². The Hall–Kier alpha value is -1.47. The summed E-state index contributed by atoms with van der Waals surface area (Å²) in [7, 11) is 2.15. The van der Waals surface area contributed by atoms with Crippen LogP contribution < -0.4 is 10.6 Å². The zero-order valence-corrected chi connectivity index (χ0v) is 14.9. The molecule has 0 radical (unpaired) electrons. The molecule has 0 spiro atoms. The first kappa shape index (κ1) is 17.4. The van der Waals surface area contributed by atoms with Gasteiger partial charge in [-0.2, -0.15) is 0 Å². The molecule has 2 fully saturated rings. The summed E-state index contributed by atoms with van der Waals surface area (Å²) in [4.78, 5) is 14.8. The fourth-order valence-corrected chi connectivity index (χ4v) is 3.91. The van der Waals surface area contributed by atoms with Crippen LogP contribution in [0.25, 0.3) is 0 Å². The third-order valence-corrected chi connectivity index (χ3v) is 5.50. The Balaban J connectivity index is 1.50. The fraction of sp³-hybridized carbons (Fsp3) is 0.824. The van der Waals surface area contributed by atoms with Crippen molar-refractivity contribution in [3.8, 4) is 0 Å². The van der Waals surface area contributed by atoms with Crippen molar-refractivity contribution in [2.24, 2.45) is 0 Å². The molecule has 3 rings (SSSR count). The van der Waals surface area contributed by atoms with E-state index < -0.39 is 0 Å². The lowest BCUT2D eigenvalue weighted by atomic mass is 10.1. The summed E-state index contributed by atoms with van der Waals surface area (Å²) in [6.45, 7) is 5.49. The van der Waals surface area contributed by atoms with Gasteiger partial charge < -0.3 is 15.5 Å². The highest BCUT2D eigenvalue weighted by Gasteiger charge is 2.23. The molecular formula is C17H30N6O. The largest absolute Gasteiger partial charge is 0.349 e. The first-order valence-electron chi connectivity index (χ1n) is 9.27. The molecule has 1 amide bonds. The van der Waals surface area contributed by atoms with Gasteiger partial charge in [0.1, 0.15) is 0 Å². The van der Waals surface area contributed by atoms with Gasteiger partial charge in [0.2, 0.25) is 0 Å². The van der Waals surface area contributed by atoms with Crippen LogP contribution in [0.4, 0.5) is 0 Å². The molecule has 1 aromatic rings. The maximum Gasteiger partial charge on any atom is 0.273 e. The molecule has 2 heterocycles. The lowest BCUT2D eigenvalue weighted by Crippen LogP contribution is -2.37. The lowest BCUT2D eigenvalue weighted by Gasteiger charge is -2.24. The van der Waals surface area contributed by atoms with E-state index in [0.717, 1.165) is 38.2 Å². The Bertz CT molecular complexity index is 545. The molecule has 7 heteroatoms. The van der Waals surface area contributed by atoms with Crippen LogP contribution in [0.5, 0.6) is 0 Å². The van der Waals surface area contributed by atoms with Gasteiger partial charge in [0, 0.05) is 19.1 Å². The molecule has 24 heavy (non-hydrogen) atoms. The van der Waals surface area contributed by atoms with E-state index in [1.165, 1.54) is 25.7 Å². The number of amides is 1. The Morgan fingerprint density at radius 2 is 2.00 bits per heavy atom. The molecule has 134 valence electrons. The molecule has 0 aromatic carbocycles. The molecule has 1 aliphatic heterocycles. The maximum absolute atomic E-state index is 12.4. The quantitative estimate of drug-likeness (QED) is 0.815. The highest BCUT2D eigenvalue weighted by molar-refractivity contribution is 5.93. The van der Waals surface area contributed by atoms with Crippen LogP contribution in [0, 0.1) is 6.92 Å². The normalized spacial score (nSPS) is 20.0. The van der Waals surface area contributed by atoms with Gasteiger partial charge in [-0.3, -0.25) is 4.79 Å². The first-order valence-corrected chi connectivity index (χ1v) is 9.27. The number of likely N-dealkylation sites (N-methyl/N-ethyl adjacent to an activating group) is 1. The van der Waals surface area contributed by atoms with Gasteiger partial charge >= 0.3 is 0 Å². The minimum Gasteiger partial charge on any atom is -0.349 e. The standard InChI is InChI=1S/C17H30N6O/c1-13-16(20-21-23(13)15-7-9-18-10-8-15)17(24)19-11-12-22(2)14-5-3-4-6-14/h14-15,18H,3-12H2,1-2H3,(H,19,24). The maximum atomic E-state index is 12.4. The SMILES string of the molecule is Cc1c(C(=O)NCCN(C)C2CCCC2)nnn1C1CCNCC1. The Labute approximate surface area is 144 Å². The van der Waals surface area contributed by atoms with Crippen molar-refractivity contribution in [1.29, 1.82) is 0 Å². The second kappa shape index (κ2) is 8.07. The van der Waals surface area contributed by atoms with Crippen molar-refractivity contribution in [1.82, 2.24) is 30.5 Å². The van der Waals surface area contributed by atoms with E-state index in [-0.39, 0.29) is 5.91 Å². The smallest absolute Gasteiger partial charge is 0.273 e. The third kappa shape index (κ3) is 3.95. The minimum absolute atomic E-state index is 0.104. The molecule has 1 saturated heterocycles. The summed E-state index contributed by atoms with van der Waals surface area (Å²) in [6.07, 6.45) is 7.32. The summed E-state index contributed by atoms with van der Waals surface area (Å²) in [6, 6.07) is 1.04. The number of carbonyl (C=O) groups excluding carboxylic acids is 1. The Kier molecular flexibility index (Phi) is 5.84. The summed E-state index contributed by atoms with van der Waals surface area (Å²) in [5, 5.41) is 14.7. The number of carbonyl (C=O) groups is 1. The number of piperidine rings is 1. The van der Waals surface area contributed by atoms with Crippen LogP contribution in [-0.4, -0.2) is 65.1 Å². The molecule has 0 atom stereocenters. The van der Waals surface area contributed by atoms with Crippen molar-refractivity contribution >= 4 is 5.91 Å². The zero-order valence-electron chi connectivity index (χ0n) is 14.9. The number of aromatic nitrogens is 3. The van der Waals surface area contributed by atoms with E-state index >= 15 is 0 Å². The van der Waals surface area contributed by atoms with Gasteiger partial charge in [-0.1, -0.05) is 18.1 Å². The van der Waals surface area contributed by atoms with Crippen LogP contribution in [0.3, 0.4) is 0 Å². The van der Waals surface area contributed by atoms with Gasteiger partial charge in [0.05, 0.1) is 11.7 Å².